The van der Waals surface area contributed by atoms with Gasteiger partial charge in [-0.3, -0.25) is 14.4 Å². The third-order valence-electron chi connectivity index (χ3n) is 8.45. The number of fused-ring (bicyclic) bond motifs is 1. The molecule has 1 atom stereocenters. The second-order valence-electron chi connectivity index (χ2n) is 11.1. The zero-order valence-corrected chi connectivity index (χ0v) is 25.6. The quantitative estimate of drug-likeness (QED) is 0.0702. The Bertz CT molecular complexity index is 2260. The molecule has 0 amide bonds. The van der Waals surface area contributed by atoms with Crippen molar-refractivity contribution in [2.24, 2.45) is 0 Å². The van der Waals surface area contributed by atoms with E-state index < -0.39 is 35.3 Å². The van der Waals surface area contributed by atoms with Gasteiger partial charge in [0, 0.05) is 56.7 Å². The first-order valence-corrected chi connectivity index (χ1v) is 14.4. The molecule has 0 bridgehead atoms. The summed E-state index contributed by atoms with van der Waals surface area (Å²) in [7, 11) is 4.19. The topological polar surface area (TPSA) is 193 Å². The van der Waals surface area contributed by atoms with Crippen LogP contribution in [0.15, 0.2) is 27.3 Å². The molecule has 5 aromatic carbocycles. The summed E-state index contributed by atoms with van der Waals surface area (Å²) in [6.45, 7) is 4.13. The number of aliphatic carboxylic acids is 2. The number of benzene rings is 5. The molecule has 238 valence electrons. The highest BCUT2D eigenvalue weighted by Crippen LogP contribution is 2.56. The van der Waals surface area contributed by atoms with Gasteiger partial charge < -0.3 is 40.3 Å². The lowest BCUT2D eigenvalue weighted by atomic mass is 9.83. The van der Waals surface area contributed by atoms with Gasteiger partial charge in [0.2, 0.25) is 0 Å². The van der Waals surface area contributed by atoms with E-state index in [9.17, 15) is 34.5 Å². The molecule has 0 saturated carbocycles. The molecule has 5 aromatic rings. The first kappa shape index (κ1) is 30.5. The first-order chi connectivity index (χ1) is 22.0. The number of carboxylic acid groups (broad SMARTS) is 2. The SMILES string of the molecule is CCNNc1c(NC(CC(=O)O)C(=O)O)c2c(=O)cc(OC)c3c4c(OC)cc(=O)c5c(O)c(OC)c6c(c(c1C=C(C)C6)c23)c54. The lowest BCUT2D eigenvalue weighted by Gasteiger charge is -2.26. The normalized spacial score (nSPS) is 13.3. The Hall–Kier alpha value is -5.56. The summed E-state index contributed by atoms with van der Waals surface area (Å²) in [5.74, 6) is -2.68. The maximum absolute atomic E-state index is 14.1. The number of carboxylic acids is 2. The summed E-state index contributed by atoms with van der Waals surface area (Å²) in [6.07, 6.45) is 1.38. The van der Waals surface area contributed by atoms with Crippen molar-refractivity contribution in [3.8, 4) is 23.0 Å². The summed E-state index contributed by atoms with van der Waals surface area (Å²) in [4.78, 5) is 51.8. The third kappa shape index (κ3) is 4.26. The fourth-order valence-electron chi connectivity index (χ4n) is 6.76. The van der Waals surface area contributed by atoms with Crippen molar-refractivity contribution in [1.82, 2.24) is 5.43 Å². The van der Waals surface area contributed by atoms with E-state index in [-0.39, 0.29) is 51.6 Å². The van der Waals surface area contributed by atoms with Gasteiger partial charge in [0.15, 0.2) is 22.4 Å². The van der Waals surface area contributed by atoms with Gasteiger partial charge in [-0.15, -0.1) is 0 Å². The van der Waals surface area contributed by atoms with Crippen LogP contribution in [0.25, 0.3) is 49.2 Å². The van der Waals surface area contributed by atoms with Gasteiger partial charge in [-0.1, -0.05) is 18.6 Å². The zero-order chi connectivity index (χ0) is 33.2. The number of aromatic hydroxyl groups is 1. The molecule has 6 rings (SSSR count). The highest BCUT2D eigenvalue weighted by Gasteiger charge is 2.34. The van der Waals surface area contributed by atoms with Crippen molar-refractivity contribution in [3.63, 3.8) is 0 Å². The number of carbonyl (C=O) groups is 2. The van der Waals surface area contributed by atoms with Gasteiger partial charge in [0.1, 0.15) is 17.5 Å². The van der Waals surface area contributed by atoms with E-state index in [4.69, 9.17) is 14.2 Å². The predicted octanol–water partition coefficient (Wildman–Crippen LogP) is 3.86. The molecule has 0 fully saturated rings. The Morgan fingerprint density at radius 2 is 1.46 bits per heavy atom. The number of ether oxygens (including phenoxy) is 3. The average molecular weight is 630 g/mol. The van der Waals surface area contributed by atoms with Crippen LogP contribution < -0.4 is 41.2 Å². The number of nitrogens with one attached hydrogen (secondary N) is 3. The Morgan fingerprint density at radius 1 is 0.848 bits per heavy atom. The molecule has 13 nitrogen and oxygen atoms in total. The van der Waals surface area contributed by atoms with Crippen LogP contribution in [0.4, 0.5) is 11.4 Å². The fraction of sp³-hybridized carbons (Fsp3) is 0.273. The number of hydrogen-bond donors (Lipinski definition) is 6. The third-order valence-corrected chi connectivity index (χ3v) is 8.45. The van der Waals surface area contributed by atoms with E-state index in [0.717, 1.165) is 5.57 Å². The van der Waals surface area contributed by atoms with E-state index in [1.54, 1.807) is 0 Å². The minimum atomic E-state index is -1.61. The van der Waals surface area contributed by atoms with Crippen molar-refractivity contribution in [3.05, 3.63) is 49.3 Å². The van der Waals surface area contributed by atoms with Gasteiger partial charge in [0.05, 0.1) is 49.9 Å². The number of hydrazine groups is 1. The van der Waals surface area contributed by atoms with Gasteiger partial charge in [-0.2, -0.15) is 0 Å². The largest absolute Gasteiger partial charge is 0.504 e. The van der Waals surface area contributed by atoms with E-state index in [0.29, 0.717) is 50.0 Å². The molecular formula is C33H31N3O10. The van der Waals surface area contributed by atoms with E-state index >= 15 is 0 Å². The minimum Gasteiger partial charge on any atom is -0.504 e. The summed E-state index contributed by atoms with van der Waals surface area (Å²) in [6, 6.07) is 0.896. The minimum absolute atomic E-state index is 0.000232. The first-order valence-electron chi connectivity index (χ1n) is 14.4. The molecule has 1 unspecified atom stereocenters. The molecule has 0 radical (unpaired) electrons. The molecule has 0 saturated heterocycles. The summed E-state index contributed by atoms with van der Waals surface area (Å²) in [5, 5.41) is 36.6. The molecule has 0 spiro atoms. The number of allylic oxidation sites excluding steroid dienone is 1. The van der Waals surface area contributed by atoms with E-state index in [1.807, 2.05) is 19.9 Å². The van der Waals surface area contributed by atoms with Gasteiger partial charge in [-0.25, -0.2) is 10.2 Å². The predicted molar refractivity (Wildman–Crippen MR) is 175 cm³/mol. The second-order valence-corrected chi connectivity index (χ2v) is 11.1. The average Bonchev–Trinajstić information content (AvgIpc) is 3.16. The van der Waals surface area contributed by atoms with Crippen molar-refractivity contribution in [2.75, 3.05) is 38.6 Å². The molecule has 6 N–H and O–H groups in total. The van der Waals surface area contributed by atoms with Crippen molar-refractivity contribution < 1.29 is 39.1 Å². The highest BCUT2D eigenvalue weighted by atomic mass is 16.5. The lowest BCUT2D eigenvalue weighted by Crippen LogP contribution is -2.33. The molecular weight excluding hydrogens is 598 g/mol. The van der Waals surface area contributed by atoms with Crippen LogP contribution in [0.3, 0.4) is 0 Å². The maximum atomic E-state index is 14.1. The molecule has 46 heavy (non-hydrogen) atoms. The van der Waals surface area contributed by atoms with Gasteiger partial charge >= 0.3 is 11.9 Å². The lowest BCUT2D eigenvalue weighted by molar-refractivity contribution is -0.144. The smallest absolute Gasteiger partial charge is 0.326 e. The number of phenols is 1. The van der Waals surface area contributed by atoms with Crippen molar-refractivity contribution in [1.29, 1.82) is 0 Å². The van der Waals surface area contributed by atoms with E-state index in [1.165, 1.54) is 33.5 Å². The summed E-state index contributed by atoms with van der Waals surface area (Å²) < 4.78 is 17.2. The molecule has 1 aliphatic carbocycles. The standard InChI is InChI=1S/C33H31N3O10/c1-6-34-36-29-13-7-12(2)8-14-22-21(13)27-23(30(29)35-15(33(42)43)9-20(39)40)16(37)10-18(44-3)25(27)26-19(45-4)11-17(38)24(28(22)26)31(41)32(14)46-5/h7,10-11,15,34-36,41H,6,8-9H2,1-5H3,(H,39,40)(H,42,43). The van der Waals surface area contributed by atoms with Crippen LogP contribution in [-0.4, -0.2) is 61.2 Å². The van der Waals surface area contributed by atoms with Gasteiger partial charge in [0.25, 0.3) is 0 Å². The summed E-state index contributed by atoms with van der Waals surface area (Å²) in [5.41, 5.74) is 7.36. The molecule has 0 aliphatic heterocycles. The van der Waals surface area contributed by atoms with E-state index in [2.05, 4.69) is 16.2 Å². The Labute approximate surface area is 260 Å². The molecule has 13 heteroatoms. The maximum Gasteiger partial charge on any atom is 0.326 e. The molecule has 0 aromatic heterocycles. The number of phenolic OH excluding ortho intramolecular Hbond substituents is 1. The van der Waals surface area contributed by atoms with Crippen LogP contribution in [0.1, 0.15) is 31.4 Å². The fourth-order valence-corrected chi connectivity index (χ4v) is 6.76. The number of methoxy groups -OCH3 is 3. The van der Waals surface area contributed by atoms with Crippen molar-refractivity contribution >= 4 is 72.5 Å². The Kier molecular flexibility index (Phi) is 7.36. The number of rotatable bonds is 11. The number of anilines is 2. The molecule has 1 aliphatic rings. The Morgan fingerprint density at radius 3 is 2.00 bits per heavy atom. The van der Waals surface area contributed by atoms with Crippen LogP contribution >= 0.6 is 0 Å². The second kappa shape index (κ2) is 11.1. The highest BCUT2D eigenvalue weighted by molar-refractivity contribution is 6.40. The van der Waals surface area contributed by atoms with Gasteiger partial charge in [-0.05, 0) is 18.7 Å². The summed E-state index contributed by atoms with van der Waals surface area (Å²) >= 11 is 0. The molecule has 0 heterocycles. The monoisotopic (exact) mass is 629 g/mol. The van der Waals surface area contributed by atoms with Crippen LogP contribution in [0.5, 0.6) is 23.0 Å². The zero-order valence-electron chi connectivity index (χ0n) is 25.6. The Balaban J connectivity index is 2.02. The van der Waals surface area contributed by atoms with Crippen molar-refractivity contribution in [2.45, 2.75) is 32.7 Å². The number of hydrogen-bond acceptors (Lipinski definition) is 11. The van der Waals surface area contributed by atoms with Crippen LogP contribution in [-0.2, 0) is 16.0 Å². The van der Waals surface area contributed by atoms with Crippen LogP contribution in [0.2, 0.25) is 0 Å². The van der Waals surface area contributed by atoms with Crippen LogP contribution in [0, 0.1) is 0 Å².